The van der Waals surface area contributed by atoms with Crippen molar-refractivity contribution in [3.8, 4) is 11.5 Å². The van der Waals surface area contributed by atoms with Gasteiger partial charge in [-0.15, -0.1) is 0 Å². The highest BCUT2D eigenvalue weighted by Gasteiger charge is 2.14. The quantitative estimate of drug-likeness (QED) is 0.652. The van der Waals surface area contributed by atoms with E-state index >= 15 is 0 Å². The van der Waals surface area contributed by atoms with Gasteiger partial charge in [0.05, 0.1) is 32.6 Å². The van der Waals surface area contributed by atoms with Crippen molar-refractivity contribution in [2.75, 3.05) is 24.9 Å². The van der Waals surface area contributed by atoms with Crippen LogP contribution in [0.5, 0.6) is 11.5 Å². The molecule has 0 aliphatic rings. The molecule has 2 N–H and O–H groups in total. The van der Waals surface area contributed by atoms with E-state index in [1.807, 2.05) is 18.2 Å². The number of rotatable bonds is 7. The number of para-hydroxylation sites is 1. The lowest BCUT2D eigenvalue weighted by molar-refractivity contribution is -0.115. The van der Waals surface area contributed by atoms with Crippen LogP contribution in [-0.4, -0.2) is 26.0 Å². The number of nitrogens with one attached hydrogen (secondary N) is 2. The zero-order chi connectivity index (χ0) is 19.9. The zero-order valence-corrected chi connectivity index (χ0v) is 15.5. The number of furan rings is 1. The molecule has 1 aromatic heterocycles. The zero-order valence-electron chi connectivity index (χ0n) is 15.5. The molecule has 0 aliphatic heterocycles. The summed E-state index contributed by atoms with van der Waals surface area (Å²) in [5.41, 5.74) is 1.72. The largest absolute Gasteiger partial charge is 0.496 e. The number of carbonyl (C=O) groups excluding carboxylic acids is 2. The van der Waals surface area contributed by atoms with Crippen LogP contribution < -0.4 is 20.1 Å². The van der Waals surface area contributed by atoms with Crippen LogP contribution in [0.4, 0.5) is 11.4 Å². The summed E-state index contributed by atoms with van der Waals surface area (Å²) in [6.45, 7) is 0. The molecule has 0 fully saturated rings. The monoisotopic (exact) mass is 380 g/mol. The minimum atomic E-state index is -0.416. The Morgan fingerprint density at radius 2 is 1.71 bits per heavy atom. The fraction of sp³-hybridized carbons (Fsp3) is 0.143. The summed E-state index contributed by atoms with van der Waals surface area (Å²) < 4.78 is 15.6. The van der Waals surface area contributed by atoms with E-state index in [9.17, 15) is 9.59 Å². The second-order valence-electron chi connectivity index (χ2n) is 5.88. The number of hydrogen-bond acceptors (Lipinski definition) is 5. The van der Waals surface area contributed by atoms with E-state index in [1.54, 1.807) is 43.5 Å². The maximum absolute atomic E-state index is 12.4. The van der Waals surface area contributed by atoms with E-state index in [0.717, 1.165) is 5.56 Å². The maximum Gasteiger partial charge on any atom is 0.291 e. The van der Waals surface area contributed by atoms with Gasteiger partial charge in [-0.25, -0.2) is 0 Å². The molecule has 0 unspecified atom stereocenters. The molecule has 0 radical (unpaired) electrons. The van der Waals surface area contributed by atoms with Gasteiger partial charge in [-0.1, -0.05) is 18.2 Å². The predicted octanol–water partition coefficient (Wildman–Crippen LogP) is 3.73. The summed E-state index contributed by atoms with van der Waals surface area (Å²) in [6.07, 6.45) is 1.57. The van der Waals surface area contributed by atoms with Gasteiger partial charge in [-0.05, 0) is 36.4 Å². The van der Waals surface area contributed by atoms with Crippen LogP contribution >= 0.6 is 0 Å². The number of methoxy groups -OCH3 is 2. The maximum atomic E-state index is 12.4. The number of anilines is 2. The summed E-state index contributed by atoms with van der Waals surface area (Å²) in [6, 6.07) is 15.5. The number of amides is 2. The first-order valence-corrected chi connectivity index (χ1v) is 8.55. The lowest BCUT2D eigenvalue weighted by Crippen LogP contribution is -2.16. The molecule has 28 heavy (non-hydrogen) atoms. The van der Waals surface area contributed by atoms with E-state index in [2.05, 4.69) is 10.6 Å². The van der Waals surface area contributed by atoms with Gasteiger partial charge < -0.3 is 24.5 Å². The molecule has 0 spiro atoms. The van der Waals surface area contributed by atoms with Crippen LogP contribution in [0.25, 0.3) is 0 Å². The summed E-state index contributed by atoms with van der Waals surface area (Å²) in [5, 5.41) is 5.53. The van der Waals surface area contributed by atoms with Crippen molar-refractivity contribution in [2.24, 2.45) is 0 Å². The third-order valence-corrected chi connectivity index (χ3v) is 4.02. The number of hydrogen-bond donors (Lipinski definition) is 2. The molecule has 0 saturated carbocycles. The molecule has 7 nitrogen and oxygen atoms in total. The molecular formula is C21H20N2O5. The lowest BCUT2D eigenvalue weighted by Gasteiger charge is -2.13. The van der Waals surface area contributed by atoms with Crippen molar-refractivity contribution in [2.45, 2.75) is 6.42 Å². The smallest absolute Gasteiger partial charge is 0.291 e. The fourth-order valence-electron chi connectivity index (χ4n) is 2.70. The Labute approximate surface area is 162 Å². The topological polar surface area (TPSA) is 89.8 Å². The second kappa shape index (κ2) is 8.77. The molecule has 0 bridgehead atoms. The summed E-state index contributed by atoms with van der Waals surface area (Å²) in [5.74, 6) is 0.660. The highest BCUT2D eigenvalue weighted by Crippen LogP contribution is 2.28. The van der Waals surface area contributed by atoms with E-state index in [0.29, 0.717) is 22.9 Å². The Morgan fingerprint density at radius 1 is 0.929 bits per heavy atom. The van der Waals surface area contributed by atoms with Crippen molar-refractivity contribution >= 4 is 23.2 Å². The molecule has 144 valence electrons. The molecule has 7 heteroatoms. The number of benzene rings is 2. The standard InChI is InChI=1S/C21H20N2O5/c1-26-17-7-4-3-6-14(17)12-20(24)22-15-9-10-18(27-2)16(13-15)23-21(25)19-8-5-11-28-19/h3-11,13H,12H2,1-2H3,(H,22,24)(H,23,25). The first-order valence-electron chi connectivity index (χ1n) is 8.55. The van der Waals surface area contributed by atoms with E-state index in [-0.39, 0.29) is 18.1 Å². The van der Waals surface area contributed by atoms with Gasteiger partial charge in [-0.3, -0.25) is 9.59 Å². The van der Waals surface area contributed by atoms with Crippen LogP contribution in [0.15, 0.2) is 65.3 Å². The van der Waals surface area contributed by atoms with Crippen molar-refractivity contribution in [3.63, 3.8) is 0 Å². The molecule has 0 atom stereocenters. The lowest BCUT2D eigenvalue weighted by atomic mass is 10.1. The first-order chi connectivity index (χ1) is 13.6. The van der Waals surface area contributed by atoms with Crippen LogP contribution in [-0.2, 0) is 11.2 Å². The normalized spacial score (nSPS) is 10.2. The second-order valence-corrected chi connectivity index (χ2v) is 5.88. The van der Waals surface area contributed by atoms with Gasteiger partial charge in [0.1, 0.15) is 11.5 Å². The molecule has 1 heterocycles. The van der Waals surface area contributed by atoms with Crippen LogP contribution in [0.3, 0.4) is 0 Å². The third-order valence-electron chi connectivity index (χ3n) is 4.02. The van der Waals surface area contributed by atoms with Gasteiger partial charge in [-0.2, -0.15) is 0 Å². The highest BCUT2D eigenvalue weighted by molar-refractivity contribution is 6.03. The van der Waals surface area contributed by atoms with Gasteiger partial charge >= 0.3 is 0 Å². The molecule has 3 aromatic rings. The Morgan fingerprint density at radius 3 is 2.43 bits per heavy atom. The molecule has 0 aliphatic carbocycles. The minimum Gasteiger partial charge on any atom is -0.496 e. The van der Waals surface area contributed by atoms with Crippen LogP contribution in [0, 0.1) is 0 Å². The predicted molar refractivity (Wildman–Crippen MR) is 105 cm³/mol. The van der Waals surface area contributed by atoms with E-state index in [1.165, 1.54) is 13.4 Å². The average Bonchev–Trinajstić information content (AvgIpc) is 3.23. The van der Waals surface area contributed by atoms with Gasteiger partial charge in [0.25, 0.3) is 5.91 Å². The fourth-order valence-corrected chi connectivity index (χ4v) is 2.70. The van der Waals surface area contributed by atoms with E-state index in [4.69, 9.17) is 13.9 Å². The first kappa shape index (κ1) is 19.0. The van der Waals surface area contributed by atoms with Gasteiger partial charge in [0, 0.05) is 11.3 Å². The molecule has 2 aromatic carbocycles. The molecular weight excluding hydrogens is 360 g/mol. The third kappa shape index (κ3) is 4.50. The van der Waals surface area contributed by atoms with Gasteiger partial charge in [0.2, 0.25) is 5.91 Å². The van der Waals surface area contributed by atoms with Crippen molar-refractivity contribution < 1.29 is 23.5 Å². The summed E-state index contributed by atoms with van der Waals surface area (Å²) in [7, 11) is 3.06. The number of carbonyl (C=O) groups is 2. The minimum absolute atomic E-state index is 0.157. The Balaban J connectivity index is 1.73. The van der Waals surface area contributed by atoms with E-state index < -0.39 is 5.91 Å². The molecule has 2 amide bonds. The SMILES string of the molecule is COc1ccccc1CC(=O)Nc1ccc(OC)c(NC(=O)c2ccco2)c1. The van der Waals surface area contributed by atoms with Crippen LogP contribution in [0.1, 0.15) is 16.1 Å². The van der Waals surface area contributed by atoms with Crippen LogP contribution in [0.2, 0.25) is 0 Å². The number of ether oxygens (including phenoxy) is 2. The Bertz CT molecular complexity index is 967. The highest BCUT2D eigenvalue weighted by atomic mass is 16.5. The Hall–Kier alpha value is -3.74. The summed E-state index contributed by atoms with van der Waals surface area (Å²) >= 11 is 0. The van der Waals surface area contributed by atoms with Crippen molar-refractivity contribution in [1.82, 2.24) is 0 Å². The average molecular weight is 380 g/mol. The molecule has 0 saturated heterocycles. The van der Waals surface area contributed by atoms with Gasteiger partial charge in [0.15, 0.2) is 5.76 Å². The van der Waals surface area contributed by atoms with Crippen molar-refractivity contribution in [3.05, 3.63) is 72.2 Å². The summed E-state index contributed by atoms with van der Waals surface area (Å²) in [4.78, 5) is 24.7. The Kier molecular flexibility index (Phi) is 5.96. The molecule has 3 rings (SSSR count). The van der Waals surface area contributed by atoms with Crippen molar-refractivity contribution in [1.29, 1.82) is 0 Å².